The van der Waals surface area contributed by atoms with Crippen molar-refractivity contribution >= 4 is 0 Å². The fourth-order valence-corrected chi connectivity index (χ4v) is 4.65. The number of rotatable bonds is 4. The van der Waals surface area contributed by atoms with Crippen molar-refractivity contribution < 1.29 is 9.47 Å². The highest BCUT2D eigenvalue weighted by Gasteiger charge is 2.30. The van der Waals surface area contributed by atoms with E-state index in [-0.39, 0.29) is 6.29 Å². The Bertz CT molecular complexity index is 269. The van der Waals surface area contributed by atoms with Gasteiger partial charge in [0.15, 0.2) is 6.29 Å². The lowest BCUT2D eigenvalue weighted by atomic mass is 9.69. The molecule has 0 amide bonds. The highest BCUT2D eigenvalue weighted by molar-refractivity contribution is 4.81. The molecule has 0 unspecified atom stereocenters. The molecule has 2 saturated carbocycles. The van der Waals surface area contributed by atoms with Crippen LogP contribution >= 0.6 is 0 Å². The molecule has 2 heteroatoms. The summed E-state index contributed by atoms with van der Waals surface area (Å²) in [5.74, 6) is 4.06. The second-order valence-corrected chi connectivity index (χ2v) is 7.55. The van der Waals surface area contributed by atoms with Crippen LogP contribution < -0.4 is 0 Å². The normalized spacial score (nSPS) is 40.0. The monoisotopic (exact) mass is 280 g/mol. The van der Waals surface area contributed by atoms with Gasteiger partial charge in [0.1, 0.15) is 0 Å². The summed E-state index contributed by atoms with van der Waals surface area (Å²) in [5.41, 5.74) is 0. The van der Waals surface area contributed by atoms with Gasteiger partial charge in [-0.3, -0.25) is 0 Å². The number of ether oxygens (including phenoxy) is 2. The van der Waals surface area contributed by atoms with Gasteiger partial charge in [-0.2, -0.15) is 0 Å². The zero-order valence-electron chi connectivity index (χ0n) is 13.2. The number of hydrogen-bond acceptors (Lipinski definition) is 2. The molecular weight excluding hydrogens is 248 g/mol. The maximum Gasteiger partial charge on any atom is 0.157 e. The molecule has 3 aliphatic rings. The quantitative estimate of drug-likeness (QED) is 0.738. The van der Waals surface area contributed by atoms with Gasteiger partial charge in [0.05, 0.1) is 13.2 Å². The van der Waals surface area contributed by atoms with E-state index in [2.05, 4.69) is 6.92 Å². The molecule has 2 aliphatic carbocycles. The van der Waals surface area contributed by atoms with E-state index in [4.69, 9.17) is 9.47 Å². The standard InChI is InChI=1S/C18H32O2/c1-14-2-7-16(8-3-14)17-9-4-15(5-10-17)6-11-18-19-12-13-20-18/h14-18H,2-13H2,1H3. The molecule has 1 saturated heterocycles. The fraction of sp³-hybridized carbons (Fsp3) is 1.00. The van der Waals surface area contributed by atoms with Crippen LogP contribution in [0.5, 0.6) is 0 Å². The van der Waals surface area contributed by atoms with Gasteiger partial charge in [-0.05, 0) is 62.2 Å². The van der Waals surface area contributed by atoms with Gasteiger partial charge in [-0.25, -0.2) is 0 Å². The summed E-state index contributed by atoms with van der Waals surface area (Å²) in [5, 5.41) is 0. The van der Waals surface area contributed by atoms with Crippen LogP contribution in [0.3, 0.4) is 0 Å². The predicted octanol–water partition coefficient (Wildman–Crippen LogP) is 4.77. The molecule has 0 aromatic heterocycles. The minimum Gasteiger partial charge on any atom is -0.350 e. The van der Waals surface area contributed by atoms with Crippen LogP contribution in [-0.4, -0.2) is 19.5 Å². The minimum absolute atomic E-state index is 0.118. The van der Waals surface area contributed by atoms with Crippen molar-refractivity contribution in [2.45, 2.75) is 77.4 Å². The molecule has 3 rings (SSSR count). The first-order valence-electron chi connectivity index (χ1n) is 9.04. The van der Waals surface area contributed by atoms with Crippen molar-refractivity contribution in [2.75, 3.05) is 13.2 Å². The van der Waals surface area contributed by atoms with Crippen LogP contribution in [0.1, 0.15) is 71.1 Å². The summed E-state index contributed by atoms with van der Waals surface area (Å²) in [6.07, 6.45) is 14.5. The maximum absolute atomic E-state index is 5.55. The average molecular weight is 280 g/mol. The lowest BCUT2D eigenvalue weighted by molar-refractivity contribution is -0.0514. The van der Waals surface area contributed by atoms with E-state index in [1.807, 2.05) is 0 Å². The molecule has 0 radical (unpaired) electrons. The first kappa shape index (κ1) is 14.8. The van der Waals surface area contributed by atoms with Crippen LogP contribution in [0.15, 0.2) is 0 Å². The minimum atomic E-state index is 0.118. The van der Waals surface area contributed by atoms with Crippen molar-refractivity contribution in [1.82, 2.24) is 0 Å². The van der Waals surface area contributed by atoms with Gasteiger partial charge in [0.2, 0.25) is 0 Å². The lowest BCUT2D eigenvalue weighted by Crippen LogP contribution is -2.25. The van der Waals surface area contributed by atoms with E-state index in [1.165, 1.54) is 57.8 Å². The van der Waals surface area contributed by atoms with Gasteiger partial charge in [0, 0.05) is 0 Å². The van der Waals surface area contributed by atoms with E-state index < -0.39 is 0 Å². The first-order valence-corrected chi connectivity index (χ1v) is 9.04. The smallest absolute Gasteiger partial charge is 0.157 e. The van der Waals surface area contributed by atoms with Gasteiger partial charge in [0.25, 0.3) is 0 Å². The van der Waals surface area contributed by atoms with E-state index in [9.17, 15) is 0 Å². The fourth-order valence-electron chi connectivity index (χ4n) is 4.65. The molecule has 0 atom stereocenters. The molecular formula is C18H32O2. The highest BCUT2D eigenvalue weighted by Crippen LogP contribution is 2.42. The van der Waals surface area contributed by atoms with Gasteiger partial charge >= 0.3 is 0 Å². The van der Waals surface area contributed by atoms with E-state index in [1.54, 1.807) is 0 Å². The van der Waals surface area contributed by atoms with Crippen LogP contribution in [0.4, 0.5) is 0 Å². The Kier molecular flexibility index (Phi) is 5.39. The van der Waals surface area contributed by atoms with Crippen molar-refractivity contribution in [1.29, 1.82) is 0 Å². The Morgan fingerprint density at radius 1 is 0.700 bits per heavy atom. The maximum atomic E-state index is 5.55. The van der Waals surface area contributed by atoms with Gasteiger partial charge < -0.3 is 9.47 Å². The van der Waals surface area contributed by atoms with Crippen molar-refractivity contribution in [3.8, 4) is 0 Å². The molecule has 0 N–H and O–H groups in total. The highest BCUT2D eigenvalue weighted by atomic mass is 16.7. The molecule has 1 heterocycles. The van der Waals surface area contributed by atoms with Crippen molar-refractivity contribution in [3.05, 3.63) is 0 Å². The summed E-state index contributed by atoms with van der Waals surface area (Å²) < 4.78 is 11.1. The Morgan fingerprint density at radius 3 is 1.85 bits per heavy atom. The summed E-state index contributed by atoms with van der Waals surface area (Å²) >= 11 is 0. The van der Waals surface area contributed by atoms with Gasteiger partial charge in [-0.1, -0.05) is 32.6 Å². The third-order valence-electron chi connectivity index (χ3n) is 6.12. The van der Waals surface area contributed by atoms with Crippen molar-refractivity contribution in [3.63, 3.8) is 0 Å². The van der Waals surface area contributed by atoms with E-state index >= 15 is 0 Å². The number of hydrogen-bond donors (Lipinski definition) is 0. The first-order chi connectivity index (χ1) is 9.81. The van der Waals surface area contributed by atoms with Crippen LogP contribution in [0.25, 0.3) is 0 Å². The predicted molar refractivity (Wildman–Crippen MR) is 81.5 cm³/mol. The topological polar surface area (TPSA) is 18.5 Å². The summed E-state index contributed by atoms with van der Waals surface area (Å²) in [7, 11) is 0. The molecule has 0 spiro atoms. The van der Waals surface area contributed by atoms with E-state index in [0.717, 1.165) is 43.3 Å². The van der Waals surface area contributed by atoms with Crippen LogP contribution in [0.2, 0.25) is 0 Å². The Hall–Kier alpha value is -0.0800. The Balaban J connectivity index is 1.34. The molecule has 0 bridgehead atoms. The molecule has 0 aromatic rings. The second kappa shape index (κ2) is 7.26. The SMILES string of the molecule is CC1CCC(C2CCC(CCC3OCCO3)CC2)CC1. The van der Waals surface area contributed by atoms with Crippen molar-refractivity contribution in [2.24, 2.45) is 23.7 Å². The molecule has 3 fully saturated rings. The third kappa shape index (κ3) is 3.98. The molecule has 2 nitrogen and oxygen atoms in total. The van der Waals surface area contributed by atoms with Gasteiger partial charge in [-0.15, -0.1) is 0 Å². The Labute approximate surface area is 124 Å². The Morgan fingerprint density at radius 2 is 1.25 bits per heavy atom. The average Bonchev–Trinajstić information content (AvgIpc) is 3.00. The third-order valence-corrected chi connectivity index (χ3v) is 6.12. The van der Waals surface area contributed by atoms with E-state index in [0.29, 0.717) is 0 Å². The van der Waals surface area contributed by atoms with Crippen LogP contribution in [0, 0.1) is 23.7 Å². The lowest BCUT2D eigenvalue weighted by Gasteiger charge is -2.37. The molecule has 20 heavy (non-hydrogen) atoms. The summed E-state index contributed by atoms with van der Waals surface area (Å²) in [6, 6.07) is 0. The zero-order chi connectivity index (χ0) is 13.8. The second-order valence-electron chi connectivity index (χ2n) is 7.55. The molecule has 1 aliphatic heterocycles. The summed E-state index contributed by atoms with van der Waals surface area (Å²) in [6.45, 7) is 4.04. The molecule has 0 aromatic carbocycles. The largest absolute Gasteiger partial charge is 0.350 e. The van der Waals surface area contributed by atoms with Crippen LogP contribution in [-0.2, 0) is 9.47 Å². The zero-order valence-corrected chi connectivity index (χ0v) is 13.2. The molecule has 116 valence electrons. The summed E-state index contributed by atoms with van der Waals surface area (Å²) in [4.78, 5) is 0.